The molecule has 27 heavy (non-hydrogen) atoms. The van der Waals surface area contributed by atoms with Crippen LogP contribution in [0.3, 0.4) is 0 Å². The third-order valence-corrected chi connectivity index (χ3v) is 4.66. The van der Waals surface area contributed by atoms with E-state index in [1.165, 1.54) is 5.56 Å². The van der Waals surface area contributed by atoms with Crippen LogP contribution >= 0.6 is 0 Å². The fourth-order valence-corrected chi connectivity index (χ4v) is 3.14. The number of furan rings is 1. The minimum absolute atomic E-state index is 0.135. The number of aryl methyl sites for hydroxylation is 3. The van der Waals surface area contributed by atoms with E-state index in [0.717, 1.165) is 47.4 Å². The number of benzene rings is 1. The molecule has 1 aliphatic heterocycles. The van der Waals surface area contributed by atoms with Gasteiger partial charge in [-0.1, -0.05) is 12.1 Å². The molecule has 0 bridgehead atoms. The zero-order valence-electron chi connectivity index (χ0n) is 16.6. The van der Waals surface area contributed by atoms with Gasteiger partial charge in [0, 0.05) is 37.7 Å². The van der Waals surface area contributed by atoms with Crippen LogP contribution in [0, 0.1) is 20.8 Å². The van der Waals surface area contributed by atoms with Crippen molar-refractivity contribution in [3.63, 3.8) is 0 Å². The summed E-state index contributed by atoms with van der Waals surface area (Å²) in [6.07, 6.45) is 1.07. The van der Waals surface area contributed by atoms with Crippen molar-refractivity contribution in [2.75, 3.05) is 20.3 Å². The molecule has 0 radical (unpaired) electrons. The molecule has 0 aliphatic carbocycles. The predicted molar refractivity (Wildman–Crippen MR) is 106 cm³/mol. The van der Waals surface area contributed by atoms with E-state index in [-0.39, 0.29) is 6.10 Å². The van der Waals surface area contributed by atoms with Crippen LogP contribution in [0.1, 0.15) is 34.6 Å². The lowest BCUT2D eigenvalue weighted by Crippen LogP contribution is -2.36. The maximum Gasteiger partial charge on any atom is 0.191 e. The molecule has 1 saturated heterocycles. The van der Waals surface area contributed by atoms with Gasteiger partial charge in [-0.15, -0.1) is 0 Å². The molecule has 2 heterocycles. The number of rotatable bonds is 6. The van der Waals surface area contributed by atoms with Crippen molar-refractivity contribution in [2.24, 2.45) is 4.99 Å². The first-order valence-corrected chi connectivity index (χ1v) is 9.39. The summed E-state index contributed by atoms with van der Waals surface area (Å²) in [5.41, 5.74) is 3.42. The van der Waals surface area contributed by atoms with Crippen LogP contribution in [-0.2, 0) is 17.8 Å². The van der Waals surface area contributed by atoms with Crippen LogP contribution in [0.5, 0.6) is 5.75 Å². The molecular weight excluding hydrogens is 342 g/mol. The van der Waals surface area contributed by atoms with Gasteiger partial charge >= 0.3 is 0 Å². The SMILES string of the molecule is CN=C(NCc1ccc(C)cc1OC1CCOC1)NCc1cc(C)oc1C. The van der Waals surface area contributed by atoms with Gasteiger partial charge in [-0.2, -0.15) is 0 Å². The van der Waals surface area contributed by atoms with Crippen LogP contribution in [0.4, 0.5) is 0 Å². The van der Waals surface area contributed by atoms with Crippen molar-refractivity contribution in [3.8, 4) is 5.75 Å². The topological polar surface area (TPSA) is 68.0 Å². The second-order valence-corrected chi connectivity index (χ2v) is 6.93. The summed E-state index contributed by atoms with van der Waals surface area (Å²) in [5.74, 6) is 3.51. The molecule has 0 saturated carbocycles. The molecule has 1 aromatic heterocycles. The molecule has 1 atom stereocenters. The molecule has 6 heteroatoms. The average molecular weight is 371 g/mol. The number of hydrogen-bond acceptors (Lipinski definition) is 4. The minimum Gasteiger partial charge on any atom is -0.488 e. The number of nitrogens with one attached hydrogen (secondary N) is 2. The summed E-state index contributed by atoms with van der Waals surface area (Å²) < 4.78 is 17.2. The third kappa shape index (κ3) is 5.26. The summed E-state index contributed by atoms with van der Waals surface area (Å²) in [7, 11) is 1.77. The van der Waals surface area contributed by atoms with Crippen molar-refractivity contribution in [1.29, 1.82) is 0 Å². The Bertz CT molecular complexity index is 792. The monoisotopic (exact) mass is 371 g/mol. The van der Waals surface area contributed by atoms with Crippen LogP contribution in [-0.4, -0.2) is 32.3 Å². The van der Waals surface area contributed by atoms with Crippen LogP contribution in [0.25, 0.3) is 0 Å². The minimum atomic E-state index is 0.135. The van der Waals surface area contributed by atoms with E-state index in [1.54, 1.807) is 7.05 Å². The van der Waals surface area contributed by atoms with Gasteiger partial charge in [0.15, 0.2) is 5.96 Å². The lowest BCUT2D eigenvalue weighted by molar-refractivity contribution is 0.140. The number of ether oxygens (including phenoxy) is 2. The molecule has 0 amide bonds. The second kappa shape index (κ2) is 8.95. The van der Waals surface area contributed by atoms with Crippen molar-refractivity contribution in [1.82, 2.24) is 10.6 Å². The highest BCUT2D eigenvalue weighted by molar-refractivity contribution is 5.79. The summed E-state index contributed by atoms with van der Waals surface area (Å²) in [6, 6.07) is 8.33. The number of hydrogen-bond donors (Lipinski definition) is 2. The average Bonchev–Trinajstić information content (AvgIpc) is 3.26. The Labute approximate surface area is 161 Å². The molecule has 1 unspecified atom stereocenters. The summed E-state index contributed by atoms with van der Waals surface area (Å²) >= 11 is 0. The van der Waals surface area contributed by atoms with E-state index in [1.807, 2.05) is 19.9 Å². The highest BCUT2D eigenvalue weighted by Crippen LogP contribution is 2.23. The van der Waals surface area contributed by atoms with E-state index < -0.39 is 0 Å². The molecule has 1 aliphatic rings. The number of aliphatic imine (C=N–C) groups is 1. The first-order valence-electron chi connectivity index (χ1n) is 9.39. The molecule has 0 spiro atoms. The quantitative estimate of drug-likeness (QED) is 0.603. The van der Waals surface area contributed by atoms with Gasteiger partial charge in [-0.3, -0.25) is 4.99 Å². The summed E-state index contributed by atoms with van der Waals surface area (Å²) in [6.45, 7) is 8.73. The van der Waals surface area contributed by atoms with E-state index >= 15 is 0 Å². The Morgan fingerprint density at radius 1 is 1.15 bits per heavy atom. The van der Waals surface area contributed by atoms with Crippen LogP contribution in [0.2, 0.25) is 0 Å². The van der Waals surface area contributed by atoms with Crippen molar-refractivity contribution in [2.45, 2.75) is 46.4 Å². The Kier molecular flexibility index (Phi) is 6.40. The van der Waals surface area contributed by atoms with Gasteiger partial charge in [0.2, 0.25) is 0 Å². The summed E-state index contributed by atoms with van der Waals surface area (Å²) in [5, 5.41) is 6.70. The van der Waals surface area contributed by atoms with Crippen molar-refractivity contribution in [3.05, 3.63) is 52.5 Å². The largest absolute Gasteiger partial charge is 0.488 e. The number of guanidine groups is 1. The molecule has 146 valence electrons. The van der Waals surface area contributed by atoms with Gasteiger partial charge in [-0.05, 0) is 38.5 Å². The zero-order chi connectivity index (χ0) is 19.2. The molecule has 6 nitrogen and oxygen atoms in total. The molecule has 1 aromatic carbocycles. The fraction of sp³-hybridized carbons (Fsp3) is 0.476. The Morgan fingerprint density at radius 3 is 2.56 bits per heavy atom. The van der Waals surface area contributed by atoms with Gasteiger partial charge in [-0.25, -0.2) is 0 Å². The lowest BCUT2D eigenvalue weighted by Gasteiger charge is -2.18. The third-order valence-electron chi connectivity index (χ3n) is 4.66. The first kappa shape index (κ1) is 19.3. The Balaban J connectivity index is 1.59. The highest BCUT2D eigenvalue weighted by Gasteiger charge is 2.18. The second-order valence-electron chi connectivity index (χ2n) is 6.93. The van der Waals surface area contributed by atoms with Crippen molar-refractivity contribution >= 4 is 5.96 Å². The van der Waals surface area contributed by atoms with Gasteiger partial charge in [0.1, 0.15) is 23.4 Å². The molecular formula is C21H29N3O3. The Morgan fingerprint density at radius 2 is 1.93 bits per heavy atom. The van der Waals surface area contributed by atoms with E-state index in [0.29, 0.717) is 19.7 Å². The predicted octanol–water partition coefficient (Wildman–Crippen LogP) is 3.24. The first-order chi connectivity index (χ1) is 13.0. The molecule has 1 fully saturated rings. The van der Waals surface area contributed by atoms with E-state index in [4.69, 9.17) is 13.9 Å². The number of nitrogens with zero attached hydrogens (tertiary/aromatic N) is 1. The highest BCUT2D eigenvalue weighted by atomic mass is 16.5. The maximum absolute atomic E-state index is 6.16. The lowest BCUT2D eigenvalue weighted by atomic mass is 10.1. The molecule has 2 N–H and O–H groups in total. The van der Waals surface area contributed by atoms with E-state index in [2.05, 4.69) is 40.7 Å². The van der Waals surface area contributed by atoms with Gasteiger partial charge < -0.3 is 24.5 Å². The molecule has 3 rings (SSSR count). The van der Waals surface area contributed by atoms with E-state index in [9.17, 15) is 0 Å². The normalized spacial score (nSPS) is 17.2. The maximum atomic E-state index is 6.16. The zero-order valence-corrected chi connectivity index (χ0v) is 16.6. The van der Waals surface area contributed by atoms with Crippen molar-refractivity contribution < 1.29 is 13.9 Å². The molecule has 2 aromatic rings. The standard InChI is InChI=1S/C21H29N3O3/c1-14-5-6-17(20(9-14)27-19-7-8-25-13-19)11-23-21(22-4)24-12-18-10-15(2)26-16(18)3/h5-6,9-10,19H,7-8,11-13H2,1-4H3,(H2,22,23,24). The Hall–Kier alpha value is -2.47. The van der Waals surface area contributed by atoms with Gasteiger partial charge in [0.25, 0.3) is 0 Å². The van der Waals surface area contributed by atoms with Crippen LogP contribution < -0.4 is 15.4 Å². The summed E-state index contributed by atoms with van der Waals surface area (Å²) in [4.78, 5) is 4.31. The van der Waals surface area contributed by atoms with Gasteiger partial charge in [0.05, 0.1) is 13.2 Å². The smallest absolute Gasteiger partial charge is 0.191 e. The fourth-order valence-electron chi connectivity index (χ4n) is 3.14. The van der Waals surface area contributed by atoms with Crippen LogP contribution in [0.15, 0.2) is 33.7 Å².